The quantitative estimate of drug-likeness (QED) is 0.122. The number of hydrogen-bond donors (Lipinski definition) is 0. The molecule has 0 aliphatic heterocycles. The van der Waals surface area contributed by atoms with Crippen molar-refractivity contribution in [2.24, 2.45) is 10.2 Å². The van der Waals surface area contributed by atoms with Crippen LogP contribution in [0.3, 0.4) is 0 Å². The standard InChI is InChI=1S/C30H50N4O2/c1-7-9-11-21-33(3,4)23-25-35-29-17-13-27(14-18-29)31-32-28-15-19-30(20-16-28)36-26-24-34(5,6)22-12-10-8-2/h13-20H,7-12,21-26H2,1-6H3/q+2. The van der Waals surface area contributed by atoms with Gasteiger partial charge >= 0.3 is 0 Å². The predicted octanol–water partition coefficient (Wildman–Crippen LogP) is 7.39. The Balaban J connectivity index is 1.74. The average molecular weight is 499 g/mol. The Morgan fingerprint density at radius 1 is 0.528 bits per heavy atom. The average Bonchev–Trinajstić information content (AvgIpc) is 2.84. The zero-order chi connectivity index (χ0) is 26.3. The van der Waals surface area contributed by atoms with E-state index in [1.807, 2.05) is 48.5 Å². The Bertz CT molecular complexity index is 803. The molecule has 6 nitrogen and oxygen atoms in total. The third kappa shape index (κ3) is 12.5. The molecule has 0 fully saturated rings. The van der Waals surface area contributed by atoms with Crippen molar-refractivity contribution in [3.05, 3.63) is 48.5 Å². The molecule has 0 saturated carbocycles. The molecule has 0 bridgehead atoms. The van der Waals surface area contributed by atoms with Crippen LogP contribution in [0.2, 0.25) is 0 Å². The molecule has 0 atom stereocenters. The number of azo groups is 1. The van der Waals surface area contributed by atoms with Crippen LogP contribution in [0, 0.1) is 0 Å². The smallest absolute Gasteiger partial charge is 0.137 e. The van der Waals surface area contributed by atoms with Gasteiger partial charge < -0.3 is 18.4 Å². The first-order valence-electron chi connectivity index (χ1n) is 13.7. The van der Waals surface area contributed by atoms with E-state index < -0.39 is 0 Å². The molecule has 2 rings (SSSR count). The molecule has 0 aromatic heterocycles. The molecule has 0 spiro atoms. The first kappa shape index (κ1) is 29.8. The highest BCUT2D eigenvalue weighted by atomic mass is 16.5. The molecule has 0 N–H and O–H groups in total. The fraction of sp³-hybridized carbons (Fsp3) is 0.600. The fourth-order valence-electron chi connectivity index (χ4n) is 3.96. The molecule has 0 aliphatic carbocycles. The van der Waals surface area contributed by atoms with Gasteiger partial charge in [0.25, 0.3) is 0 Å². The lowest BCUT2D eigenvalue weighted by Crippen LogP contribution is -2.43. The van der Waals surface area contributed by atoms with Crippen LogP contribution in [-0.4, -0.2) is 76.5 Å². The topological polar surface area (TPSA) is 43.2 Å². The maximum Gasteiger partial charge on any atom is 0.137 e. The van der Waals surface area contributed by atoms with Crippen LogP contribution in [0.25, 0.3) is 0 Å². The molecule has 36 heavy (non-hydrogen) atoms. The Morgan fingerprint density at radius 3 is 1.22 bits per heavy atom. The second-order valence-corrected chi connectivity index (χ2v) is 11.1. The van der Waals surface area contributed by atoms with Crippen LogP contribution in [-0.2, 0) is 0 Å². The van der Waals surface area contributed by atoms with E-state index >= 15 is 0 Å². The molecular formula is C30H50N4O2+2. The zero-order valence-electron chi connectivity index (χ0n) is 23.7. The van der Waals surface area contributed by atoms with Crippen molar-refractivity contribution in [2.45, 2.75) is 52.4 Å². The first-order chi connectivity index (χ1) is 17.2. The summed E-state index contributed by atoms with van der Waals surface area (Å²) in [4.78, 5) is 0. The lowest BCUT2D eigenvalue weighted by molar-refractivity contribution is -0.890. The number of ether oxygens (including phenoxy) is 2. The van der Waals surface area contributed by atoms with Crippen molar-refractivity contribution in [3.8, 4) is 11.5 Å². The maximum atomic E-state index is 5.95. The summed E-state index contributed by atoms with van der Waals surface area (Å²) in [5.41, 5.74) is 1.61. The molecule has 0 aliphatic rings. The van der Waals surface area contributed by atoms with E-state index in [2.05, 4.69) is 52.3 Å². The van der Waals surface area contributed by atoms with Gasteiger partial charge in [0.1, 0.15) is 37.8 Å². The molecule has 200 valence electrons. The van der Waals surface area contributed by atoms with Crippen molar-refractivity contribution in [2.75, 3.05) is 67.6 Å². The van der Waals surface area contributed by atoms with Crippen molar-refractivity contribution >= 4 is 11.4 Å². The summed E-state index contributed by atoms with van der Waals surface area (Å²) in [6.45, 7) is 10.3. The fourth-order valence-corrected chi connectivity index (χ4v) is 3.96. The highest BCUT2D eigenvalue weighted by Gasteiger charge is 2.15. The summed E-state index contributed by atoms with van der Waals surface area (Å²) in [5.74, 6) is 1.74. The number of unbranched alkanes of at least 4 members (excludes halogenated alkanes) is 4. The van der Waals surface area contributed by atoms with E-state index in [4.69, 9.17) is 9.47 Å². The van der Waals surface area contributed by atoms with Gasteiger partial charge in [0.05, 0.1) is 52.7 Å². The third-order valence-electron chi connectivity index (χ3n) is 6.62. The minimum Gasteiger partial charge on any atom is -0.488 e. The molecular weight excluding hydrogens is 448 g/mol. The van der Waals surface area contributed by atoms with Crippen LogP contribution >= 0.6 is 0 Å². The van der Waals surface area contributed by atoms with Crippen LogP contribution in [0.4, 0.5) is 11.4 Å². The number of rotatable bonds is 18. The highest BCUT2D eigenvalue weighted by Crippen LogP contribution is 2.23. The van der Waals surface area contributed by atoms with Gasteiger partial charge in [-0.1, -0.05) is 26.7 Å². The summed E-state index contributed by atoms with van der Waals surface area (Å²) >= 11 is 0. The van der Waals surface area contributed by atoms with Gasteiger partial charge in [-0.15, -0.1) is 0 Å². The molecule has 2 aromatic carbocycles. The summed E-state index contributed by atoms with van der Waals surface area (Å²) < 4.78 is 13.9. The molecule has 2 aromatic rings. The molecule has 0 heterocycles. The van der Waals surface area contributed by atoms with Gasteiger partial charge in [-0.3, -0.25) is 0 Å². The van der Waals surface area contributed by atoms with Crippen LogP contribution < -0.4 is 9.47 Å². The molecule has 6 heteroatoms. The maximum absolute atomic E-state index is 5.95. The third-order valence-corrected chi connectivity index (χ3v) is 6.62. The Kier molecular flexibility index (Phi) is 12.9. The van der Waals surface area contributed by atoms with Crippen molar-refractivity contribution < 1.29 is 18.4 Å². The summed E-state index contributed by atoms with van der Waals surface area (Å²) in [6, 6.07) is 15.6. The van der Waals surface area contributed by atoms with Gasteiger partial charge in [-0.2, -0.15) is 10.2 Å². The number of quaternary nitrogens is 2. The normalized spacial score (nSPS) is 12.3. The van der Waals surface area contributed by atoms with Crippen molar-refractivity contribution in [1.29, 1.82) is 0 Å². The van der Waals surface area contributed by atoms with E-state index in [9.17, 15) is 0 Å². The monoisotopic (exact) mass is 498 g/mol. The Morgan fingerprint density at radius 2 is 0.889 bits per heavy atom. The lowest BCUT2D eigenvalue weighted by atomic mass is 10.2. The zero-order valence-corrected chi connectivity index (χ0v) is 23.7. The van der Waals surface area contributed by atoms with Crippen molar-refractivity contribution in [1.82, 2.24) is 0 Å². The Labute approximate surface area is 220 Å². The number of likely N-dealkylation sites (N-methyl/N-ethyl adjacent to an activating group) is 2. The minimum atomic E-state index is 0.712. The Hall–Kier alpha value is -2.44. The number of nitrogens with zero attached hydrogens (tertiary/aromatic N) is 4. The molecule has 0 saturated heterocycles. The molecule has 0 amide bonds. The minimum absolute atomic E-state index is 0.712. The lowest BCUT2D eigenvalue weighted by Gasteiger charge is -2.29. The van der Waals surface area contributed by atoms with Gasteiger partial charge in [-0.25, -0.2) is 0 Å². The van der Waals surface area contributed by atoms with E-state index in [1.165, 1.54) is 51.6 Å². The second-order valence-electron chi connectivity index (χ2n) is 11.1. The van der Waals surface area contributed by atoms with Crippen LogP contribution in [0.15, 0.2) is 58.8 Å². The summed E-state index contributed by atoms with van der Waals surface area (Å²) in [6.07, 6.45) is 7.67. The molecule has 0 unspecified atom stereocenters. The predicted molar refractivity (Wildman–Crippen MR) is 151 cm³/mol. The highest BCUT2D eigenvalue weighted by molar-refractivity contribution is 5.44. The van der Waals surface area contributed by atoms with E-state index in [1.54, 1.807) is 0 Å². The van der Waals surface area contributed by atoms with E-state index in [0.29, 0.717) is 13.2 Å². The summed E-state index contributed by atoms with van der Waals surface area (Å²) in [7, 11) is 9.10. The van der Waals surface area contributed by atoms with Crippen LogP contribution in [0.1, 0.15) is 52.4 Å². The second kappa shape index (κ2) is 15.6. The van der Waals surface area contributed by atoms with Crippen molar-refractivity contribution in [3.63, 3.8) is 0 Å². The first-order valence-corrected chi connectivity index (χ1v) is 13.7. The largest absolute Gasteiger partial charge is 0.488 e. The van der Waals surface area contributed by atoms with Gasteiger partial charge in [0.2, 0.25) is 0 Å². The number of hydrogen-bond acceptors (Lipinski definition) is 4. The van der Waals surface area contributed by atoms with Gasteiger partial charge in [-0.05, 0) is 74.2 Å². The number of benzene rings is 2. The van der Waals surface area contributed by atoms with E-state index in [-0.39, 0.29) is 0 Å². The van der Waals surface area contributed by atoms with Gasteiger partial charge in [0, 0.05) is 0 Å². The SMILES string of the molecule is CCCCC[N+](C)(C)CCOc1ccc(N=Nc2ccc(OCC[N+](C)(C)CCCCC)cc2)cc1. The molecule has 0 radical (unpaired) electrons. The van der Waals surface area contributed by atoms with E-state index in [0.717, 1.165) is 44.9 Å². The van der Waals surface area contributed by atoms with Crippen LogP contribution in [0.5, 0.6) is 11.5 Å². The van der Waals surface area contributed by atoms with Gasteiger partial charge in [0.15, 0.2) is 0 Å². The summed E-state index contributed by atoms with van der Waals surface area (Å²) in [5, 5.41) is 8.72.